The first-order valence-electron chi connectivity index (χ1n) is 10.9. The molecule has 0 spiro atoms. The van der Waals surface area contributed by atoms with Gasteiger partial charge in [0.2, 0.25) is 0 Å². The van der Waals surface area contributed by atoms with Crippen LogP contribution in [0.3, 0.4) is 0 Å². The molecule has 9 heteroatoms. The molecule has 172 valence electrons. The molecule has 4 rings (SSSR count). The summed E-state index contributed by atoms with van der Waals surface area (Å²) in [6.07, 6.45) is -1.14. The summed E-state index contributed by atoms with van der Waals surface area (Å²) >= 11 is 0. The van der Waals surface area contributed by atoms with Gasteiger partial charge in [-0.15, -0.1) is 0 Å². The minimum absolute atomic E-state index is 0.0486. The fourth-order valence-corrected chi connectivity index (χ4v) is 4.41. The number of nitrogens with one attached hydrogen (secondary N) is 1. The number of nitrogens with zero attached hydrogens (tertiary/aromatic N) is 4. The van der Waals surface area contributed by atoms with Gasteiger partial charge in [-0.05, 0) is 48.6 Å². The number of alkyl carbamates (subject to hydrolysis) is 1. The molecule has 2 amide bonds. The molecule has 2 aromatic rings. The molecule has 2 aromatic carbocycles. The maximum Gasteiger partial charge on any atom is 0.409 e. The predicted molar refractivity (Wildman–Crippen MR) is 123 cm³/mol. The van der Waals surface area contributed by atoms with Crippen molar-refractivity contribution in [1.29, 1.82) is 0 Å². The highest BCUT2D eigenvalue weighted by atomic mass is 16.6. The molecule has 33 heavy (non-hydrogen) atoms. The highest BCUT2D eigenvalue weighted by molar-refractivity contribution is 5.79. The van der Waals surface area contributed by atoms with Crippen LogP contribution < -0.4 is 5.32 Å². The summed E-state index contributed by atoms with van der Waals surface area (Å²) in [7, 11) is 0. The molecule has 2 aliphatic rings. The molecule has 1 aliphatic carbocycles. The van der Waals surface area contributed by atoms with Crippen LogP contribution in [0.1, 0.15) is 37.8 Å². The summed E-state index contributed by atoms with van der Waals surface area (Å²) in [5, 5.41) is 6.45. The van der Waals surface area contributed by atoms with Gasteiger partial charge in [0.25, 0.3) is 0 Å². The number of carbonyl (C=O) groups is 2. The number of fused-ring (bicyclic) bond motifs is 3. The minimum Gasteiger partial charge on any atom is -0.448 e. The Hall–Kier alpha value is -3.71. The maximum atomic E-state index is 12.9. The minimum atomic E-state index is -0.664. The molecule has 2 atom stereocenters. The van der Waals surface area contributed by atoms with Gasteiger partial charge in [-0.1, -0.05) is 53.6 Å². The third-order valence-corrected chi connectivity index (χ3v) is 5.79. The van der Waals surface area contributed by atoms with Crippen LogP contribution in [0, 0.1) is 0 Å². The van der Waals surface area contributed by atoms with Crippen LogP contribution in [0.15, 0.2) is 53.6 Å². The highest BCUT2D eigenvalue weighted by Crippen LogP contribution is 2.44. The van der Waals surface area contributed by atoms with Gasteiger partial charge >= 0.3 is 12.2 Å². The second-order valence-corrected chi connectivity index (χ2v) is 9.23. The number of hydrogen-bond acceptors (Lipinski definition) is 5. The van der Waals surface area contributed by atoms with Gasteiger partial charge in [-0.2, -0.15) is 0 Å². The van der Waals surface area contributed by atoms with E-state index in [2.05, 4.69) is 39.6 Å². The maximum absolute atomic E-state index is 12.9. The zero-order valence-electron chi connectivity index (χ0n) is 18.9. The molecular weight excluding hydrogens is 422 g/mol. The lowest BCUT2D eigenvalue weighted by atomic mass is 9.98. The molecule has 0 bridgehead atoms. The van der Waals surface area contributed by atoms with E-state index < -0.39 is 29.9 Å². The van der Waals surface area contributed by atoms with Gasteiger partial charge in [0.1, 0.15) is 12.2 Å². The van der Waals surface area contributed by atoms with Gasteiger partial charge in [0.15, 0.2) is 0 Å². The molecule has 1 saturated heterocycles. The van der Waals surface area contributed by atoms with E-state index in [0.29, 0.717) is 0 Å². The van der Waals surface area contributed by atoms with E-state index in [9.17, 15) is 9.59 Å². The zero-order chi connectivity index (χ0) is 23.6. The first kappa shape index (κ1) is 22.5. The fraction of sp³-hybridized carbons (Fsp3) is 0.417. The molecule has 9 nitrogen and oxygen atoms in total. The van der Waals surface area contributed by atoms with Crippen molar-refractivity contribution in [2.45, 2.75) is 44.4 Å². The van der Waals surface area contributed by atoms with Crippen LogP contribution in [0.2, 0.25) is 0 Å². The third kappa shape index (κ3) is 4.88. The van der Waals surface area contributed by atoms with Crippen molar-refractivity contribution in [3.05, 3.63) is 70.1 Å². The van der Waals surface area contributed by atoms with Crippen molar-refractivity contribution < 1.29 is 19.1 Å². The van der Waals surface area contributed by atoms with E-state index in [1.54, 1.807) is 20.8 Å². The van der Waals surface area contributed by atoms with Crippen LogP contribution in [0.25, 0.3) is 21.6 Å². The van der Waals surface area contributed by atoms with Gasteiger partial charge in [0, 0.05) is 23.9 Å². The number of amides is 2. The van der Waals surface area contributed by atoms with Crippen LogP contribution in [-0.2, 0) is 9.47 Å². The fourth-order valence-electron chi connectivity index (χ4n) is 4.41. The SMILES string of the molecule is CC(C)(C)OC(=O)NC1CN(C(=O)OCC2c3ccccc3-c3ccccc32)CC1N=[N+]=[N-]. The predicted octanol–water partition coefficient (Wildman–Crippen LogP) is 4.82. The summed E-state index contributed by atoms with van der Waals surface area (Å²) in [5.74, 6) is -0.0486. The molecule has 2 unspecified atom stereocenters. The first-order chi connectivity index (χ1) is 15.8. The van der Waals surface area contributed by atoms with E-state index in [1.165, 1.54) is 4.90 Å². The highest BCUT2D eigenvalue weighted by Gasteiger charge is 2.38. The number of likely N-dealkylation sites (tertiary alicyclic amines) is 1. The number of rotatable bonds is 4. The van der Waals surface area contributed by atoms with Gasteiger partial charge < -0.3 is 19.7 Å². The Morgan fingerprint density at radius 3 is 2.27 bits per heavy atom. The van der Waals surface area contributed by atoms with E-state index in [0.717, 1.165) is 22.3 Å². The Kier molecular flexibility index (Phi) is 6.16. The quantitative estimate of drug-likeness (QED) is 0.409. The molecule has 0 saturated carbocycles. The van der Waals surface area contributed by atoms with Crippen LogP contribution >= 0.6 is 0 Å². The Bertz CT molecular complexity index is 1060. The van der Waals surface area contributed by atoms with Crippen molar-refractivity contribution in [1.82, 2.24) is 10.2 Å². The molecular formula is C24H27N5O4. The number of azide groups is 1. The second kappa shape index (κ2) is 9.03. The Morgan fingerprint density at radius 2 is 1.70 bits per heavy atom. The lowest BCUT2D eigenvalue weighted by molar-refractivity contribution is 0.0500. The Morgan fingerprint density at radius 1 is 1.09 bits per heavy atom. The van der Waals surface area contributed by atoms with E-state index in [4.69, 9.17) is 15.0 Å². The van der Waals surface area contributed by atoms with Crippen molar-refractivity contribution in [2.75, 3.05) is 19.7 Å². The number of ether oxygens (including phenoxy) is 2. The van der Waals surface area contributed by atoms with E-state index in [-0.39, 0.29) is 25.6 Å². The monoisotopic (exact) mass is 449 g/mol. The molecule has 1 fully saturated rings. The topological polar surface area (TPSA) is 117 Å². The lowest BCUT2D eigenvalue weighted by Crippen LogP contribution is -2.44. The number of benzene rings is 2. The Labute approximate surface area is 192 Å². The number of carbonyl (C=O) groups excluding carboxylic acids is 2. The van der Waals surface area contributed by atoms with Crippen LogP contribution in [-0.4, -0.2) is 54.5 Å². The van der Waals surface area contributed by atoms with Gasteiger partial charge in [0.05, 0.1) is 12.1 Å². The summed E-state index contributed by atoms with van der Waals surface area (Å²) < 4.78 is 11.0. The van der Waals surface area contributed by atoms with Crippen molar-refractivity contribution >= 4 is 12.2 Å². The molecule has 0 radical (unpaired) electrons. The van der Waals surface area contributed by atoms with Crippen molar-refractivity contribution in [3.8, 4) is 11.1 Å². The second-order valence-electron chi connectivity index (χ2n) is 9.23. The van der Waals surface area contributed by atoms with Crippen molar-refractivity contribution in [3.63, 3.8) is 0 Å². The van der Waals surface area contributed by atoms with Gasteiger partial charge in [-0.3, -0.25) is 0 Å². The summed E-state index contributed by atoms with van der Waals surface area (Å²) in [6, 6.07) is 15.1. The normalized spacial score (nSPS) is 19.3. The number of hydrogen-bond donors (Lipinski definition) is 1. The lowest BCUT2D eigenvalue weighted by Gasteiger charge is -2.23. The summed E-state index contributed by atoms with van der Waals surface area (Å²) in [4.78, 5) is 29.3. The van der Waals surface area contributed by atoms with Gasteiger partial charge in [-0.25, -0.2) is 9.59 Å². The standard InChI is InChI=1S/C24H27N5O4/c1-24(2,3)33-22(30)26-20-12-29(13-21(20)27-28-25)23(31)32-14-19-17-10-6-4-8-15(17)16-9-5-7-11-18(16)19/h4-11,19-21H,12-14H2,1-3H3,(H,26,30). The average molecular weight is 450 g/mol. The third-order valence-electron chi connectivity index (χ3n) is 5.79. The van der Waals surface area contributed by atoms with Crippen molar-refractivity contribution in [2.24, 2.45) is 5.11 Å². The first-order valence-corrected chi connectivity index (χ1v) is 10.9. The van der Waals surface area contributed by atoms with Crippen LogP contribution in [0.5, 0.6) is 0 Å². The molecule has 0 aromatic heterocycles. The Balaban J connectivity index is 1.42. The molecule has 1 aliphatic heterocycles. The smallest absolute Gasteiger partial charge is 0.409 e. The largest absolute Gasteiger partial charge is 0.448 e. The van der Waals surface area contributed by atoms with Crippen LogP contribution in [0.4, 0.5) is 9.59 Å². The average Bonchev–Trinajstić information content (AvgIpc) is 3.30. The summed E-state index contributed by atoms with van der Waals surface area (Å²) in [6.45, 7) is 5.79. The summed E-state index contributed by atoms with van der Waals surface area (Å²) in [5.41, 5.74) is 12.8. The van der Waals surface area contributed by atoms with E-state index in [1.807, 2.05) is 24.3 Å². The zero-order valence-corrected chi connectivity index (χ0v) is 18.9. The molecule has 1 N–H and O–H groups in total. The molecule has 1 heterocycles. The van der Waals surface area contributed by atoms with E-state index >= 15 is 0 Å².